The molecule has 0 bridgehead atoms. The molecule has 5 nitrogen and oxygen atoms in total. The van der Waals surface area contributed by atoms with Crippen LogP contribution in [0.15, 0.2) is 35.7 Å². The Balaban J connectivity index is 1.63. The highest BCUT2D eigenvalue weighted by Gasteiger charge is 2.40. The molecule has 1 aromatic heterocycles. The average molecular weight is 427 g/mol. The van der Waals surface area contributed by atoms with Crippen molar-refractivity contribution in [3.05, 3.63) is 51.7 Å². The van der Waals surface area contributed by atoms with Crippen LogP contribution in [-0.4, -0.2) is 47.4 Å². The minimum Gasteiger partial charge on any atom is -0.497 e. The van der Waals surface area contributed by atoms with Gasteiger partial charge in [0.05, 0.1) is 13.2 Å². The van der Waals surface area contributed by atoms with Crippen molar-refractivity contribution in [2.75, 3.05) is 20.2 Å². The monoisotopic (exact) mass is 426 g/mol. The quantitative estimate of drug-likeness (QED) is 0.718. The molecular formula is C24H30N2O3S. The molecule has 0 saturated heterocycles. The van der Waals surface area contributed by atoms with Crippen LogP contribution >= 0.6 is 11.3 Å². The fourth-order valence-corrected chi connectivity index (χ4v) is 5.06. The molecule has 1 atom stereocenters. The first-order valence-corrected chi connectivity index (χ1v) is 11.5. The van der Waals surface area contributed by atoms with E-state index >= 15 is 0 Å². The Kier molecular flexibility index (Phi) is 5.62. The standard InChI is InChI=1S/C24H30N2O3S/c1-24(2,3)26(23(28)17-5-6-17)15-21(27)25-13-11-20-19(12-14-30-20)22(25)16-7-9-18(29-4)10-8-16/h7-10,12,14,17,22H,5-6,11,13,15H2,1-4H3/t22-/m1/s1. The number of fused-ring (bicyclic) bond motifs is 1. The van der Waals surface area contributed by atoms with E-state index in [1.54, 1.807) is 23.3 Å². The minimum absolute atomic E-state index is 0.0107. The van der Waals surface area contributed by atoms with Crippen LogP contribution in [0.2, 0.25) is 0 Å². The number of nitrogens with zero attached hydrogens (tertiary/aromatic N) is 2. The molecular weight excluding hydrogens is 396 g/mol. The first-order chi connectivity index (χ1) is 14.3. The maximum atomic E-state index is 13.6. The summed E-state index contributed by atoms with van der Waals surface area (Å²) in [7, 11) is 1.65. The lowest BCUT2D eigenvalue weighted by Gasteiger charge is -2.40. The van der Waals surface area contributed by atoms with Crippen LogP contribution in [0.3, 0.4) is 0 Å². The second kappa shape index (κ2) is 8.06. The maximum Gasteiger partial charge on any atom is 0.243 e. The molecule has 160 valence electrons. The number of benzene rings is 1. The van der Waals surface area contributed by atoms with Crippen molar-refractivity contribution >= 4 is 23.2 Å². The van der Waals surface area contributed by atoms with E-state index in [0.717, 1.165) is 30.6 Å². The lowest BCUT2D eigenvalue weighted by atomic mass is 9.93. The first kappa shape index (κ1) is 20.9. The summed E-state index contributed by atoms with van der Waals surface area (Å²) in [6, 6.07) is 9.95. The van der Waals surface area contributed by atoms with Crippen molar-refractivity contribution < 1.29 is 14.3 Å². The Morgan fingerprint density at radius 2 is 1.87 bits per heavy atom. The molecule has 0 radical (unpaired) electrons. The van der Waals surface area contributed by atoms with Gasteiger partial charge in [-0.1, -0.05) is 12.1 Å². The summed E-state index contributed by atoms with van der Waals surface area (Å²) in [4.78, 5) is 31.5. The molecule has 30 heavy (non-hydrogen) atoms. The van der Waals surface area contributed by atoms with Crippen LogP contribution in [0, 0.1) is 5.92 Å². The van der Waals surface area contributed by atoms with E-state index in [2.05, 4.69) is 11.4 Å². The van der Waals surface area contributed by atoms with Gasteiger partial charge in [0.1, 0.15) is 12.3 Å². The Morgan fingerprint density at radius 3 is 2.47 bits per heavy atom. The summed E-state index contributed by atoms with van der Waals surface area (Å²) in [6.07, 6.45) is 2.74. The normalized spacial score (nSPS) is 18.7. The van der Waals surface area contributed by atoms with Crippen LogP contribution in [0.1, 0.15) is 55.7 Å². The van der Waals surface area contributed by atoms with Gasteiger partial charge in [0.25, 0.3) is 0 Å². The topological polar surface area (TPSA) is 49.9 Å². The van der Waals surface area contributed by atoms with Crippen LogP contribution in [0.4, 0.5) is 0 Å². The van der Waals surface area contributed by atoms with Gasteiger partial charge in [-0.3, -0.25) is 9.59 Å². The summed E-state index contributed by atoms with van der Waals surface area (Å²) in [6.45, 7) is 6.82. The second-order valence-electron chi connectivity index (χ2n) is 9.18. The van der Waals surface area contributed by atoms with Crippen molar-refractivity contribution in [2.24, 2.45) is 5.92 Å². The molecule has 1 aromatic carbocycles. The lowest BCUT2D eigenvalue weighted by molar-refractivity contribution is -0.146. The number of ether oxygens (including phenoxy) is 1. The van der Waals surface area contributed by atoms with E-state index in [9.17, 15) is 9.59 Å². The molecule has 2 heterocycles. The van der Waals surface area contributed by atoms with Crippen LogP contribution in [-0.2, 0) is 16.0 Å². The highest BCUT2D eigenvalue weighted by atomic mass is 32.1. The van der Waals surface area contributed by atoms with Crippen molar-refractivity contribution in [1.29, 1.82) is 0 Å². The Hall–Kier alpha value is -2.34. The number of rotatable bonds is 5. The predicted octanol–water partition coefficient (Wildman–Crippen LogP) is 4.27. The molecule has 6 heteroatoms. The van der Waals surface area contributed by atoms with Gasteiger partial charge in [0.2, 0.25) is 11.8 Å². The van der Waals surface area contributed by atoms with Gasteiger partial charge in [-0.2, -0.15) is 0 Å². The second-order valence-corrected chi connectivity index (χ2v) is 10.2. The van der Waals surface area contributed by atoms with Gasteiger partial charge in [0, 0.05) is 22.9 Å². The number of carbonyl (C=O) groups excluding carboxylic acids is 2. The zero-order valence-electron chi connectivity index (χ0n) is 18.2. The highest BCUT2D eigenvalue weighted by Crippen LogP contribution is 2.39. The highest BCUT2D eigenvalue weighted by molar-refractivity contribution is 7.10. The Bertz CT molecular complexity index is 925. The molecule has 2 amide bonds. The molecule has 0 N–H and O–H groups in total. The van der Waals surface area contributed by atoms with Crippen molar-refractivity contribution in [3.63, 3.8) is 0 Å². The number of hydrogen-bond acceptors (Lipinski definition) is 4. The summed E-state index contributed by atoms with van der Waals surface area (Å²) < 4.78 is 5.31. The largest absolute Gasteiger partial charge is 0.497 e. The Labute approximate surface area is 182 Å². The van der Waals surface area contributed by atoms with Gasteiger partial charge in [-0.15, -0.1) is 11.3 Å². The van der Waals surface area contributed by atoms with E-state index in [1.165, 1.54) is 10.4 Å². The SMILES string of the molecule is COc1ccc([C@@H]2c3ccsc3CCN2C(=O)CN(C(=O)C2CC2)C(C)(C)C)cc1. The molecule has 0 unspecified atom stereocenters. The third-order valence-electron chi connectivity index (χ3n) is 6.01. The van der Waals surface area contributed by atoms with Gasteiger partial charge < -0.3 is 14.5 Å². The molecule has 1 saturated carbocycles. The number of hydrogen-bond donors (Lipinski definition) is 0. The molecule has 2 aromatic rings. The zero-order chi connectivity index (χ0) is 21.5. The summed E-state index contributed by atoms with van der Waals surface area (Å²) in [5, 5.41) is 2.10. The van der Waals surface area contributed by atoms with Crippen LogP contribution in [0.5, 0.6) is 5.75 Å². The summed E-state index contributed by atoms with van der Waals surface area (Å²) in [5.74, 6) is 1.02. The first-order valence-electron chi connectivity index (χ1n) is 10.6. The average Bonchev–Trinajstić information content (AvgIpc) is 3.47. The summed E-state index contributed by atoms with van der Waals surface area (Å²) in [5.41, 5.74) is 1.88. The van der Waals surface area contributed by atoms with Gasteiger partial charge >= 0.3 is 0 Å². The van der Waals surface area contributed by atoms with Gasteiger partial charge in [-0.05, 0) is 74.7 Å². The molecule has 4 rings (SSSR count). The van der Waals surface area contributed by atoms with Crippen molar-refractivity contribution in [1.82, 2.24) is 9.80 Å². The number of methoxy groups -OCH3 is 1. The van der Waals surface area contributed by atoms with Crippen molar-refractivity contribution in [3.8, 4) is 5.75 Å². The Morgan fingerprint density at radius 1 is 1.17 bits per heavy atom. The minimum atomic E-state index is -0.381. The van der Waals surface area contributed by atoms with E-state index in [4.69, 9.17) is 4.74 Å². The fourth-order valence-electron chi connectivity index (χ4n) is 4.15. The molecule has 1 fully saturated rings. The zero-order valence-corrected chi connectivity index (χ0v) is 19.0. The molecule has 1 aliphatic carbocycles. The van der Waals surface area contributed by atoms with E-state index in [-0.39, 0.29) is 35.9 Å². The molecule has 1 aliphatic heterocycles. The lowest BCUT2D eigenvalue weighted by Crippen LogP contribution is -2.53. The smallest absolute Gasteiger partial charge is 0.243 e. The predicted molar refractivity (Wildman–Crippen MR) is 119 cm³/mol. The van der Waals surface area contributed by atoms with E-state index in [0.29, 0.717) is 6.54 Å². The number of carbonyl (C=O) groups is 2. The van der Waals surface area contributed by atoms with Crippen molar-refractivity contribution in [2.45, 2.75) is 51.6 Å². The van der Waals surface area contributed by atoms with Gasteiger partial charge in [-0.25, -0.2) is 0 Å². The van der Waals surface area contributed by atoms with Crippen LogP contribution < -0.4 is 4.74 Å². The van der Waals surface area contributed by atoms with E-state index in [1.807, 2.05) is 49.9 Å². The molecule has 0 spiro atoms. The number of amides is 2. The number of thiophene rings is 1. The fraction of sp³-hybridized carbons (Fsp3) is 0.500. The third-order valence-corrected chi connectivity index (χ3v) is 7.01. The van der Waals surface area contributed by atoms with Gasteiger partial charge in [0.15, 0.2) is 0 Å². The summed E-state index contributed by atoms with van der Waals surface area (Å²) >= 11 is 1.75. The third kappa shape index (κ3) is 4.10. The van der Waals surface area contributed by atoms with Crippen LogP contribution in [0.25, 0.3) is 0 Å². The molecule has 2 aliphatic rings. The van der Waals surface area contributed by atoms with E-state index < -0.39 is 0 Å². The maximum absolute atomic E-state index is 13.6.